The Hall–Kier alpha value is -2.95. The van der Waals surface area contributed by atoms with Crippen molar-refractivity contribution >= 4 is 16.9 Å². The molecule has 0 saturated heterocycles. The first kappa shape index (κ1) is 18.8. The van der Waals surface area contributed by atoms with E-state index in [9.17, 15) is 4.39 Å². The van der Waals surface area contributed by atoms with Gasteiger partial charge in [0.25, 0.3) is 0 Å². The summed E-state index contributed by atoms with van der Waals surface area (Å²) in [6, 6.07) is 16.9. The van der Waals surface area contributed by atoms with Gasteiger partial charge in [0.05, 0.1) is 5.52 Å². The smallest absolute Gasteiger partial charge is 0.191 e. The summed E-state index contributed by atoms with van der Waals surface area (Å²) in [6.45, 7) is 5.41. The molecule has 2 aromatic carbocycles. The molecule has 0 atom stereocenters. The Morgan fingerprint density at radius 2 is 1.85 bits per heavy atom. The molecule has 27 heavy (non-hydrogen) atoms. The zero-order valence-electron chi connectivity index (χ0n) is 16.0. The van der Waals surface area contributed by atoms with E-state index in [-0.39, 0.29) is 11.2 Å². The van der Waals surface area contributed by atoms with Crippen molar-refractivity contribution in [3.05, 3.63) is 77.7 Å². The van der Waals surface area contributed by atoms with Crippen molar-refractivity contribution < 1.29 is 4.39 Å². The summed E-state index contributed by atoms with van der Waals surface area (Å²) in [4.78, 5) is 8.78. The average molecular weight is 364 g/mol. The lowest BCUT2D eigenvalue weighted by molar-refractivity contribution is 0.503. The van der Waals surface area contributed by atoms with Crippen LogP contribution in [0.2, 0.25) is 0 Å². The van der Waals surface area contributed by atoms with Gasteiger partial charge in [-0.05, 0) is 29.3 Å². The van der Waals surface area contributed by atoms with Crippen LogP contribution in [0.25, 0.3) is 10.9 Å². The highest BCUT2D eigenvalue weighted by molar-refractivity contribution is 5.83. The molecule has 4 nitrogen and oxygen atoms in total. The SMILES string of the molecule is CN=C(NCc1cccc2cccnc12)NCC(C)(C)c1cccc(F)c1. The van der Waals surface area contributed by atoms with Gasteiger partial charge in [0.2, 0.25) is 0 Å². The zero-order chi connectivity index (χ0) is 19.3. The molecule has 0 unspecified atom stereocenters. The van der Waals surface area contributed by atoms with Gasteiger partial charge in [-0.1, -0.05) is 50.2 Å². The van der Waals surface area contributed by atoms with E-state index in [1.54, 1.807) is 25.4 Å². The molecule has 0 bridgehead atoms. The number of para-hydroxylation sites is 1. The third kappa shape index (κ3) is 4.61. The van der Waals surface area contributed by atoms with Crippen LogP contribution in [0.5, 0.6) is 0 Å². The van der Waals surface area contributed by atoms with E-state index in [2.05, 4.69) is 52.7 Å². The van der Waals surface area contributed by atoms with Gasteiger partial charge in [0, 0.05) is 37.1 Å². The molecule has 0 amide bonds. The number of aliphatic imine (C=N–C) groups is 1. The lowest BCUT2D eigenvalue weighted by Crippen LogP contribution is -2.43. The molecule has 5 heteroatoms. The number of benzene rings is 2. The van der Waals surface area contributed by atoms with Crippen molar-refractivity contribution in [2.24, 2.45) is 4.99 Å². The molecular weight excluding hydrogens is 339 g/mol. The van der Waals surface area contributed by atoms with Crippen molar-refractivity contribution in [2.45, 2.75) is 25.8 Å². The lowest BCUT2D eigenvalue weighted by Gasteiger charge is -2.27. The molecule has 0 spiro atoms. The molecule has 1 aromatic heterocycles. The van der Waals surface area contributed by atoms with Gasteiger partial charge >= 0.3 is 0 Å². The van der Waals surface area contributed by atoms with E-state index in [1.165, 1.54) is 6.07 Å². The van der Waals surface area contributed by atoms with E-state index >= 15 is 0 Å². The maximum absolute atomic E-state index is 13.5. The highest BCUT2D eigenvalue weighted by Crippen LogP contribution is 2.22. The Labute approximate surface area is 159 Å². The number of guanidine groups is 1. The van der Waals surface area contributed by atoms with Crippen LogP contribution in [0, 0.1) is 5.82 Å². The topological polar surface area (TPSA) is 49.3 Å². The molecule has 0 aliphatic heterocycles. The molecule has 0 saturated carbocycles. The van der Waals surface area contributed by atoms with Crippen LogP contribution in [0.1, 0.15) is 25.0 Å². The fourth-order valence-electron chi connectivity index (χ4n) is 3.03. The van der Waals surface area contributed by atoms with Gasteiger partial charge in [-0.2, -0.15) is 0 Å². The number of pyridine rings is 1. The number of nitrogens with one attached hydrogen (secondary N) is 2. The summed E-state index contributed by atoms with van der Waals surface area (Å²) >= 11 is 0. The normalized spacial score (nSPS) is 12.2. The first-order chi connectivity index (χ1) is 13.0. The van der Waals surface area contributed by atoms with Crippen LogP contribution in [0.3, 0.4) is 0 Å². The van der Waals surface area contributed by atoms with E-state index in [0.29, 0.717) is 19.0 Å². The van der Waals surface area contributed by atoms with Crippen LogP contribution in [0.15, 0.2) is 65.8 Å². The largest absolute Gasteiger partial charge is 0.356 e. The summed E-state index contributed by atoms with van der Waals surface area (Å²) in [7, 11) is 1.74. The first-order valence-electron chi connectivity index (χ1n) is 9.03. The van der Waals surface area contributed by atoms with Crippen LogP contribution < -0.4 is 10.6 Å². The summed E-state index contributed by atoms with van der Waals surface area (Å²) in [5.74, 6) is 0.485. The van der Waals surface area contributed by atoms with Gasteiger partial charge in [-0.15, -0.1) is 0 Å². The Bertz CT molecular complexity index is 944. The maximum Gasteiger partial charge on any atom is 0.191 e. The molecule has 2 N–H and O–H groups in total. The van der Waals surface area contributed by atoms with Crippen LogP contribution in [-0.4, -0.2) is 24.5 Å². The van der Waals surface area contributed by atoms with E-state index < -0.39 is 0 Å². The number of halogens is 1. The second kappa shape index (κ2) is 8.16. The number of hydrogen-bond donors (Lipinski definition) is 2. The minimum atomic E-state index is -0.235. The Balaban J connectivity index is 1.64. The average Bonchev–Trinajstić information content (AvgIpc) is 2.68. The van der Waals surface area contributed by atoms with Crippen molar-refractivity contribution in [3.8, 4) is 0 Å². The molecule has 3 rings (SSSR count). The van der Waals surface area contributed by atoms with E-state index in [0.717, 1.165) is 22.0 Å². The monoisotopic (exact) mass is 364 g/mol. The summed E-state index contributed by atoms with van der Waals surface area (Å²) in [6.07, 6.45) is 1.81. The van der Waals surface area contributed by atoms with Gasteiger partial charge in [0.15, 0.2) is 5.96 Å². The Morgan fingerprint density at radius 1 is 1.07 bits per heavy atom. The molecule has 1 heterocycles. The fourth-order valence-corrected chi connectivity index (χ4v) is 3.03. The van der Waals surface area contributed by atoms with Gasteiger partial charge in [-0.3, -0.25) is 9.98 Å². The van der Waals surface area contributed by atoms with E-state index in [1.807, 2.05) is 18.2 Å². The van der Waals surface area contributed by atoms with Crippen molar-refractivity contribution in [1.82, 2.24) is 15.6 Å². The van der Waals surface area contributed by atoms with Gasteiger partial charge in [-0.25, -0.2) is 4.39 Å². The number of aromatic nitrogens is 1. The molecule has 0 aliphatic carbocycles. The Morgan fingerprint density at radius 3 is 2.63 bits per heavy atom. The second-order valence-electron chi connectivity index (χ2n) is 7.17. The summed E-state index contributed by atoms with van der Waals surface area (Å²) in [5.41, 5.74) is 2.81. The quantitative estimate of drug-likeness (QED) is 0.531. The number of nitrogens with zero attached hydrogens (tertiary/aromatic N) is 2. The van der Waals surface area contributed by atoms with Crippen LogP contribution in [-0.2, 0) is 12.0 Å². The lowest BCUT2D eigenvalue weighted by atomic mass is 9.84. The fraction of sp³-hybridized carbons (Fsp3) is 0.273. The predicted octanol–water partition coefficient (Wildman–Crippen LogP) is 4.02. The minimum Gasteiger partial charge on any atom is -0.356 e. The molecule has 140 valence electrons. The zero-order valence-corrected chi connectivity index (χ0v) is 16.0. The second-order valence-corrected chi connectivity index (χ2v) is 7.17. The molecular formula is C22H25FN4. The molecule has 0 fully saturated rings. The summed E-state index contributed by atoms with van der Waals surface area (Å²) in [5, 5.41) is 7.80. The molecule has 0 radical (unpaired) electrons. The number of fused-ring (bicyclic) bond motifs is 1. The van der Waals surface area contributed by atoms with Crippen molar-refractivity contribution in [1.29, 1.82) is 0 Å². The third-order valence-electron chi connectivity index (χ3n) is 4.69. The van der Waals surface area contributed by atoms with Gasteiger partial charge in [0.1, 0.15) is 5.82 Å². The molecule has 0 aliphatic rings. The maximum atomic E-state index is 13.5. The van der Waals surface area contributed by atoms with E-state index in [4.69, 9.17) is 0 Å². The van der Waals surface area contributed by atoms with Crippen LogP contribution >= 0.6 is 0 Å². The predicted molar refractivity (Wildman–Crippen MR) is 109 cm³/mol. The molecule has 3 aromatic rings. The minimum absolute atomic E-state index is 0.216. The summed E-state index contributed by atoms with van der Waals surface area (Å²) < 4.78 is 13.5. The standard InChI is InChI=1S/C22H25FN4/c1-22(2,18-10-5-11-19(23)13-18)15-27-21(24-3)26-14-17-8-4-7-16-9-6-12-25-20(16)17/h4-13H,14-15H2,1-3H3,(H2,24,26,27). The van der Waals surface area contributed by atoms with Crippen molar-refractivity contribution in [3.63, 3.8) is 0 Å². The highest BCUT2D eigenvalue weighted by atomic mass is 19.1. The first-order valence-corrected chi connectivity index (χ1v) is 9.03. The van der Waals surface area contributed by atoms with Crippen molar-refractivity contribution in [2.75, 3.05) is 13.6 Å². The highest BCUT2D eigenvalue weighted by Gasteiger charge is 2.21. The third-order valence-corrected chi connectivity index (χ3v) is 4.69. The Kier molecular flexibility index (Phi) is 5.69. The van der Waals surface area contributed by atoms with Crippen LogP contribution in [0.4, 0.5) is 4.39 Å². The number of rotatable bonds is 5. The number of hydrogen-bond acceptors (Lipinski definition) is 2. The van der Waals surface area contributed by atoms with Gasteiger partial charge < -0.3 is 10.6 Å².